The van der Waals surface area contributed by atoms with Crippen LogP contribution in [0.3, 0.4) is 0 Å². The Morgan fingerprint density at radius 1 is 1.17 bits per heavy atom. The smallest absolute Gasteiger partial charge is 0.249 e. The molecule has 0 unspecified atom stereocenters. The first-order valence-corrected chi connectivity index (χ1v) is 8.83. The van der Waals surface area contributed by atoms with E-state index in [1.54, 1.807) is 18.3 Å². The zero-order valence-electron chi connectivity index (χ0n) is 15.3. The van der Waals surface area contributed by atoms with E-state index < -0.39 is 5.91 Å². The first-order valence-electron chi connectivity index (χ1n) is 8.83. The Labute approximate surface area is 165 Å². The van der Waals surface area contributed by atoms with Crippen molar-refractivity contribution < 1.29 is 14.0 Å². The normalized spacial score (nSPS) is 11.5. The van der Waals surface area contributed by atoms with Gasteiger partial charge in [0.2, 0.25) is 17.7 Å². The van der Waals surface area contributed by atoms with Crippen LogP contribution in [-0.2, 0) is 16.0 Å². The van der Waals surface area contributed by atoms with Crippen molar-refractivity contribution >= 4 is 40.3 Å². The number of rotatable bonds is 6. The first-order chi connectivity index (χ1) is 14.1. The van der Waals surface area contributed by atoms with Crippen LogP contribution in [0.15, 0.2) is 65.5 Å². The molecular weight excluding hydrogens is 370 g/mol. The third kappa shape index (κ3) is 4.06. The Bertz CT molecular complexity index is 1190. The van der Waals surface area contributed by atoms with Crippen LogP contribution in [0, 0.1) is 0 Å². The van der Waals surface area contributed by atoms with Gasteiger partial charge in [-0.25, -0.2) is 9.97 Å². The molecule has 0 aliphatic rings. The lowest BCUT2D eigenvalue weighted by atomic mass is 10.0. The highest BCUT2D eigenvalue weighted by Gasteiger charge is 2.12. The number of pyridine rings is 1. The van der Waals surface area contributed by atoms with Crippen molar-refractivity contribution in [3.8, 4) is 0 Å². The van der Waals surface area contributed by atoms with Crippen molar-refractivity contribution in [3.05, 3.63) is 78.1 Å². The molecule has 0 bridgehead atoms. The quantitative estimate of drug-likeness (QED) is 0.438. The van der Waals surface area contributed by atoms with E-state index in [2.05, 4.69) is 20.3 Å². The molecular formula is C21H17N5O3. The van der Waals surface area contributed by atoms with Gasteiger partial charge in [-0.15, -0.1) is 0 Å². The van der Waals surface area contributed by atoms with Gasteiger partial charge in [0.1, 0.15) is 24.1 Å². The number of H-pyrrole nitrogens is 1. The number of nitrogens with zero attached hydrogens (tertiary/aromatic N) is 2. The third-order valence-corrected chi connectivity index (χ3v) is 4.28. The predicted molar refractivity (Wildman–Crippen MR) is 108 cm³/mol. The highest BCUT2D eigenvalue weighted by Crippen LogP contribution is 2.24. The van der Waals surface area contributed by atoms with Crippen molar-refractivity contribution in [2.45, 2.75) is 6.42 Å². The Morgan fingerprint density at radius 3 is 2.72 bits per heavy atom. The average Bonchev–Trinajstić information content (AvgIpc) is 3.36. The number of aromatic amines is 1. The number of nitrogens with one attached hydrogen (secondary N) is 2. The molecule has 4 N–H and O–H groups in total. The molecule has 4 rings (SSSR count). The maximum atomic E-state index is 12.1. The van der Waals surface area contributed by atoms with Crippen LogP contribution in [0.2, 0.25) is 0 Å². The van der Waals surface area contributed by atoms with Gasteiger partial charge in [-0.1, -0.05) is 30.3 Å². The molecule has 8 heteroatoms. The van der Waals surface area contributed by atoms with Crippen molar-refractivity contribution in [1.29, 1.82) is 0 Å². The number of anilines is 1. The lowest BCUT2D eigenvalue weighted by Crippen LogP contribution is -2.15. The maximum absolute atomic E-state index is 12.1. The van der Waals surface area contributed by atoms with Crippen LogP contribution in [0.4, 0.5) is 5.82 Å². The van der Waals surface area contributed by atoms with E-state index in [0.29, 0.717) is 22.9 Å². The molecule has 144 valence electrons. The number of hydrogen-bond acceptors (Lipinski definition) is 5. The molecule has 0 saturated heterocycles. The molecule has 3 aromatic heterocycles. The predicted octanol–water partition coefficient (Wildman–Crippen LogP) is 2.76. The molecule has 0 radical (unpaired) electrons. The summed E-state index contributed by atoms with van der Waals surface area (Å²) in [5.74, 6) is -0.0830. The summed E-state index contributed by atoms with van der Waals surface area (Å²) in [6.07, 6.45) is 6.37. The number of oxazole rings is 1. The lowest BCUT2D eigenvalue weighted by molar-refractivity contribution is -0.116. The summed E-state index contributed by atoms with van der Waals surface area (Å²) in [5, 5.41) is 3.50. The number of carbonyl (C=O) groups excluding carboxylic acids is 2. The van der Waals surface area contributed by atoms with Gasteiger partial charge in [0.05, 0.1) is 6.20 Å². The zero-order chi connectivity index (χ0) is 20.2. The monoisotopic (exact) mass is 387 g/mol. The molecule has 0 fully saturated rings. The van der Waals surface area contributed by atoms with Crippen molar-refractivity contribution in [2.24, 2.45) is 5.73 Å². The maximum Gasteiger partial charge on any atom is 0.249 e. The Morgan fingerprint density at radius 2 is 2.00 bits per heavy atom. The number of primary amides is 1. The van der Waals surface area contributed by atoms with Crippen LogP contribution in [-0.4, -0.2) is 26.8 Å². The van der Waals surface area contributed by atoms with Gasteiger partial charge < -0.3 is 20.5 Å². The van der Waals surface area contributed by atoms with Crippen LogP contribution in [0.25, 0.3) is 22.7 Å². The number of hydrogen-bond donors (Lipinski definition) is 3. The fourth-order valence-corrected chi connectivity index (χ4v) is 2.95. The molecule has 0 aliphatic heterocycles. The Kier molecular flexibility index (Phi) is 4.90. The van der Waals surface area contributed by atoms with Crippen molar-refractivity contribution in [3.63, 3.8) is 0 Å². The van der Waals surface area contributed by atoms with E-state index in [0.717, 1.165) is 16.5 Å². The number of fused-ring (bicyclic) bond motifs is 1. The lowest BCUT2D eigenvalue weighted by Gasteiger charge is -2.04. The number of amides is 2. The Balaban J connectivity index is 1.59. The van der Waals surface area contributed by atoms with Crippen LogP contribution in [0.5, 0.6) is 0 Å². The van der Waals surface area contributed by atoms with Gasteiger partial charge in [0.25, 0.3) is 0 Å². The summed E-state index contributed by atoms with van der Waals surface area (Å²) in [6.45, 7) is 0. The fraction of sp³-hybridized carbons (Fsp3) is 0.0476. The Hall–Kier alpha value is -4.20. The largest absolute Gasteiger partial charge is 0.448 e. The zero-order valence-corrected chi connectivity index (χ0v) is 15.3. The van der Waals surface area contributed by atoms with E-state index in [1.165, 1.54) is 12.5 Å². The minimum Gasteiger partial charge on any atom is -0.448 e. The van der Waals surface area contributed by atoms with Gasteiger partial charge in [-0.05, 0) is 23.8 Å². The average molecular weight is 387 g/mol. The van der Waals surface area contributed by atoms with E-state index in [-0.39, 0.29) is 12.3 Å². The molecule has 2 amide bonds. The van der Waals surface area contributed by atoms with Gasteiger partial charge in [-0.3, -0.25) is 9.59 Å². The fourth-order valence-electron chi connectivity index (χ4n) is 2.95. The summed E-state index contributed by atoms with van der Waals surface area (Å²) in [5.41, 5.74) is 8.04. The van der Waals surface area contributed by atoms with E-state index in [4.69, 9.17) is 10.2 Å². The number of nitrogens with two attached hydrogens (primary N) is 1. The minimum absolute atomic E-state index is 0.0183. The number of aromatic nitrogens is 3. The summed E-state index contributed by atoms with van der Waals surface area (Å²) in [7, 11) is 0. The molecule has 0 spiro atoms. The molecule has 29 heavy (non-hydrogen) atoms. The summed E-state index contributed by atoms with van der Waals surface area (Å²) in [4.78, 5) is 35.4. The second kappa shape index (κ2) is 7.81. The van der Waals surface area contributed by atoms with Gasteiger partial charge in [0.15, 0.2) is 0 Å². The second-order valence-electron chi connectivity index (χ2n) is 6.28. The molecule has 3 heterocycles. The molecule has 1 aromatic carbocycles. The molecule has 4 aromatic rings. The summed E-state index contributed by atoms with van der Waals surface area (Å²) in [6, 6.07) is 12.7. The van der Waals surface area contributed by atoms with E-state index in [1.807, 2.05) is 36.4 Å². The van der Waals surface area contributed by atoms with Gasteiger partial charge in [-0.2, -0.15) is 0 Å². The van der Waals surface area contributed by atoms with E-state index in [9.17, 15) is 9.59 Å². The van der Waals surface area contributed by atoms with Crippen molar-refractivity contribution in [2.75, 3.05) is 5.32 Å². The van der Waals surface area contributed by atoms with Crippen molar-refractivity contribution in [1.82, 2.24) is 15.0 Å². The number of carbonyl (C=O) groups is 2. The highest BCUT2D eigenvalue weighted by molar-refractivity contribution is 6.24. The SMILES string of the molecule is NC(=O)C(=Cc1c[nH]c2nc(NC(=O)Cc3ncco3)ccc12)c1ccccc1. The summed E-state index contributed by atoms with van der Waals surface area (Å²) >= 11 is 0. The molecule has 0 atom stereocenters. The highest BCUT2D eigenvalue weighted by atomic mass is 16.3. The van der Waals surface area contributed by atoms with Crippen LogP contribution < -0.4 is 11.1 Å². The first kappa shape index (κ1) is 18.2. The van der Waals surface area contributed by atoms with Gasteiger partial charge in [0, 0.05) is 22.7 Å². The third-order valence-electron chi connectivity index (χ3n) is 4.28. The van der Waals surface area contributed by atoms with Crippen LogP contribution >= 0.6 is 0 Å². The summed E-state index contributed by atoms with van der Waals surface area (Å²) < 4.78 is 5.07. The topological polar surface area (TPSA) is 127 Å². The molecule has 8 nitrogen and oxygen atoms in total. The van der Waals surface area contributed by atoms with E-state index >= 15 is 0 Å². The second-order valence-corrected chi connectivity index (χ2v) is 6.28. The minimum atomic E-state index is -0.520. The molecule has 0 aliphatic carbocycles. The number of benzene rings is 1. The molecule has 0 saturated carbocycles. The van der Waals surface area contributed by atoms with Gasteiger partial charge >= 0.3 is 0 Å². The standard InChI is InChI=1S/C21H17N5O3/c22-20(28)16(13-4-2-1-3-5-13)10-14-12-24-21-15(14)6-7-17(26-21)25-18(27)11-19-23-8-9-29-19/h1-10,12H,11H2,(H2,22,28)(H2,24,25,26,27). The van der Waals surface area contributed by atoms with Crippen LogP contribution in [0.1, 0.15) is 17.0 Å².